The summed E-state index contributed by atoms with van der Waals surface area (Å²) in [5.74, 6) is 0. The van der Waals surface area contributed by atoms with E-state index in [1.807, 2.05) is 6.07 Å². The lowest BCUT2D eigenvalue weighted by atomic mass is 10.1. The fourth-order valence-electron chi connectivity index (χ4n) is 1.52. The minimum absolute atomic E-state index is 0.953. The van der Waals surface area contributed by atoms with Gasteiger partial charge in [0, 0.05) is 5.56 Å². The molecule has 2 aromatic rings. The zero-order chi connectivity index (χ0) is 10.1. The van der Waals surface area contributed by atoms with Crippen molar-refractivity contribution in [3.8, 4) is 11.1 Å². The van der Waals surface area contributed by atoms with Gasteiger partial charge in [-0.1, -0.05) is 17.3 Å². The normalized spacial score (nSPS) is 12.8. The summed E-state index contributed by atoms with van der Waals surface area (Å²) in [6.45, 7) is 0. The van der Waals surface area contributed by atoms with Crippen LogP contribution in [0, 0.1) is 0 Å². The Morgan fingerprint density at radius 3 is 3.07 bits per heavy atom. The number of thiophene rings is 1. The number of fused-ring (bicyclic) bond motifs is 1. The summed E-state index contributed by atoms with van der Waals surface area (Å²) >= 11 is 1.69. The highest BCUT2D eigenvalue weighted by atomic mass is 32.1. The first kappa shape index (κ1) is 8.49. The van der Waals surface area contributed by atoms with Crippen LogP contribution in [-0.2, 0) is 4.94 Å². The number of rotatable bonds is 1. The lowest BCUT2D eigenvalue weighted by Gasteiger charge is -2.12. The summed E-state index contributed by atoms with van der Waals surface area (Å²) in [6, 6.07) is 8.27. The molecule has 3 rings (SSSR count). The van der Waals surface area contributed by atoms with Gasteiger partial charge in [0.25, 0.3) is 0 Å². The van der Waals surface area contributed by atoms with Gasteiger partial charge in [-0.25, -0.2) is 0 Å². The average molecular weight is 216 g/mol. The van der Waals surface area contributed by atoms with Crippen molar-refractivity contribution < 1.29 is 4.94 Å². The van der Waals surface area contributed by atoms with Crippen molar-refractivity contribution >= 4 is 23.2 Å². The third kappa shape index (κ3) is 1.49. The van der Waals surface area contributed by atoms with Gasteiger partial charge in [-0.15, -0.1) is 0 Å². The van der Waals surface area contributed by atoms with Gasteiger partial charge in [0.2, 0.25) is 0 Å². The highest BCUT2D eigenvalue weighted by Crippen LogP contribution is 2.27. The molecular weight excluding hydrogens is 208 g/mol. The number of anilines is 1. The van der Waals surface area contributed by atoms with E-state index in [0.717, 1.165) is 11.3 Å². The van der Waals surface area contributed by atoms with Crippen molar-refractivity contribution in [1.29, 1.82) is 0 Å². The molecule has 0 saturated carbocycles. The number of benzene rings is 1. The Bertz CT molecular complexity index is 505. The van der Waals surface area contributed by atoms with Crippen molar-refractivity contribution in [3.63, 3.8) is 0 Å². The minimum Gasteiger partial charge on any atom is -0.271 e. The summed E-state index contributed by atoms with van der Waals surface area (Å²) in [5, 5.41) is 7.87. The van der Waals surface area contributed by atoms with Crippen LogP contribution in [0.15, 0.2) is 40.2 Å². The van der Waals surface area contributed by atoms with E-state index in [0.29, 0.717) is 0 Å². The molecule has 1 aromatic carbocycles. The first-order valence-corrected chi connectivity index (χ1v) is 5.50. The van der Waals surface area contributed by atoms with Crippen LogP contribution < -0.4 is 5.48 Å². The van der Waals surface area contributed by atoms with E-state index in [1.54, 1.807) is 17.6 Å². The molecule has 0 radical (unpaired) electrons. The maximum absolute atomic E-state index is 4.79. The number of hydrogen-bond acceptors (Lipinski definition) is 4. The second-order valence-electron chi connectivity index (χ2n) is 3.24. The second kappa shape index (κ2) is 3.40. The topological polar surface area (TPSA) is 33.6 Å². The molecule has 0 atom stereocenters. The van der Waals surface area contributed by atoms with Gasteiger partial charge in [-0.3, -0.25) is 4.94 Å². The summed E-state index contributed by atoms with van der Waals surface area (Å²) in [4.78, 5) is 4.79. The van der Waals surface area contributed by atoms with E-state index < -0.39 is 0 Å². The third-order valence-corrected chi connectivity index (χ3v) is 2.99. The van der Waals surface area contributed by atoms with E-state index >= 15 is 0 Å². The summed E-state index contributed by atoms with van der Waals surface area (Å²) < 4.78 is 0. The molecule has 3 nitrogen and oxygen atoms in total. The van der Waals surface area contributed by atoms with E-state index in [4.69, 9.17) is 4.94 Å². The standard InChI is InChI=1S/C11H8N2OS/c1-2-9-6-12-14-13-11(9)5-8(1)10-3-4-15-7-10/h1-7,13H. The summed E-state index contributed by atoms with van der Waals surface area (Å²) in [6.07, 6.45) is 1.70. The Morgan fingerprint density at radius 2 is 2.20 bits per heavy atom. The molecule has 2 heterocycles. The quantitative estimate of drug-likeness (QED) is 0.794. The lowest BCUT2D eigenvalue weighted by molar-refractivity contribution is 0.207. The van der Waals surface area contributed by atoms with E-state index in [-0.39, 0.29) is 0 Å². The number of nitrogens with one attached hydrogen (secondary N) is 1. The monoisotopic (exact) mass is 216 g/mol. The maximum atomic E-state index is 4.79. The fraction of sp³-hybridized carbons (Fsp3) is 0. The van der Waals surface area contributed by atoms with Gasteiger partial charge < -0.3 is 0 Å². The minimum atomic E-state index is 0.953. The Hall–Kier alpha value is -1.81. The third-order valence-electron chi connectivity index (χ3n) is 2.31. The first-order valence-electron chi connectivity index (χ1n) is 4.55. The Morgan fingerprint density at radius 1 is 1.20 bits per heavy atom. The van der Waals surface area contributed by atoms with Crippen LogP contribution in [0.25, 0.3) is 11.1 Å². The van der Waals surface area contributed by atoms with Gasteiger partial charge in [0.15, 0.2) is 0 Å². The number of nitrogens with zero attached hydrogens (tertiary/aromatic N) is 1. The highest BCUT2D eigenvalue weighted by Gasteiger charge is 2.07. The molecule has 74 valence electrons. The molecule has 0 amide bonds. The zero-order valence-electron chi connectivity index (χ0n) is 7.81. The number of oxime groups is 1. The van der Waals surface area contributed by atoms with Crippen LogP contribution in [0.4, 0.5) is 5.69 Å². The Labute approximate surface area is 91.0 Å². The lowest BCUT2D eigenvalue weighted by Crippen LogP contribution is -2.04. The molecule has 15 heavy (non-hydrogen) atoms. The fourth-order valence-corrected chi connectivity index (χ4v) is 2.19. The van der Waals surface area contributed by atoms with Crippen LogP contribution >= 0.6 is 11.3 Å². The Balaban J connectivity index is 2.09. The van der Waals surface area contributed by atoms with E-state index in [1.165, 1.54) is 11.1 Å². The molecular formula is C11H8N2OS. The molecule has 1 aliphatic rings. The van der Waals surface area contributed by atoms with E-state index in [2.05, 4.69) is 39.6 Å². The van der Waals surface area contributed by atoms with Crippen molar-refractivity contribution in [2.75, 3.05) is 5.48 Å². The highest BCUT2D eigenvalue weighted by molar-refractivity contribution is 7.08. The molecule has 0 unspecified atom stereocenters. The predicted molar refractivity (Wildman–Crippen MR) is 62.1 cm³/mol. The van der Waals surface area contributed by atoms with Gasteiger partial charge in [0.05, 0.1) is 11.9 Å². The summed E-state index contributed by atoms with van der Waals surface area (Å²) in [7, 11) is 0. The molecule has 1 aromatic heterocycles. The average Bonchev–Trinajstić information content (AvgIpc) is 2.82. The smallest absolute Gasteiger partial charge is 0.0836 e. The Kier molecular flexibility index (Phi) is 1.93. The summed E-state index contributed by atoms with van der Waals surface area (Å²) in [5.41, 5.74) is 7.18. The van der Waals surface area contributed by atoms with Crippen LogP contribution in [0.3, 0.4) is 0 Å². The van der Waals surface area contributed by atoms with Gasteiger partial charge in [-0.05, 0) is 34.0 Å². The molecule has 0 fully saturated rings. The van der Waals surface area contributed by atoms with Crippen LogP contribution in [0.2, 0.25) is 0 Å². The predicted octanol–water partition coefficient (Wildman–Crippen LogP) is 3.11. The molecule has 4 heteroatoms. The van der Waals surface area contributed by atoms with Crippen LogP contribution in [-0.4, -0.2) is 6.21 Å². The van der Waals surface area contributed by atoms with Crippen molar-refractivity contribution in [2.45, 2.75) is 0 Å². The van der Waals surface area contributed by atoms with Gasteiger partial charge >= 0.3 is 0 Å². The first-order chi connectivity index (χ1) is 7.43. The number of hydrogen-bond donors (Lipinski definition) is 1. The largest absolute Gasteiger partial charge is 0.271 e. The van der Waals surface area contributed by atoms with Crippen molar-refractivity contribution in [2.24, 2.45) is 5.16 Å². The van der Waals surface area contributed by atoms with Crippen molar-refractivity contribution in [1.82, 2.24) is 0 Å². The molecule has 0 saturated heterocycles. The molecule has 1 aliphatic heterocycles. The van der Waals surface area contributed by atoms with Gasteiger partial charge in [-0.2, -0.15) is 16.8 Å². The van der Waals surface area contributed by atoms with Crippen molar-refractivity contribution in [3.05, 3.63) is 40.6 Å². The zero-order valence-corrected chi connectivity index (χ0v) is 8.62. The van der Waals surface area contributed by atoms with Crippen LogP contribution in [0.5, 0.6) is 0 Å². The molecule has 0 aliphatic carbocycles. The second-order valence-corrected chi connectivity index (χ2v) is 4.02. The SMILES string of the molecule is C1=NONc2cc(-c3ccsc3)ccc21. The van der Waals surface area contributed by atoms with Crippen LogP contribution in [0.1, 0.15) is 5.56 Å². The van der Waals surface area contributed by atoms with Gasteiger partial charge in [0.1, 0.15) is 0 Å². The maximum Gasteiger partial charge on any atom is 0.0836 e. The molecule has 0 spiro atoms. The molecule has 1 N–H and O–H groups in total. The molecule has 0 bridgehead atoms. The van der Waals surface area contributed by atoms with E-state index in [9.17, 15) is 0 Å².